The lowest BCUT2D eigenvalue weighted by atomic mass is 9.99. The van der Waals surface area contributed by atoms with Gasteiger partial charge in [-0.1, -0.05) is 20.8 Å². The molecule has 0 spiro atoms. The minimum atomic E-state index is -0.768. The molecule has 0 amide bonds. The van der Waals surface area contributed by atoms with Crippen molar-refractivity contribution in [2.24, 2.45) is 13.0 Å². The highest BCUT2D eigenvalue weighted by Crippen LogP contribution is 2.25. The van der Waals surface area contributed by atoms with Gasteiger partial charge in [0, 0.05) is 20.0 Å². The largest absolute Gasteiger partial charge is 0.388 e. The first-order valence-corrected chi connectivity index (χ1v) is 7.69. The molecule has 2 N–H and O–H groups in total. The predicted molar refractivity (Wildman–Crippen MR) is 82.3 cm³/mol. The molecule has 4 nitrogen and oxygen atoms in total. The van der Waals surface area contributed by atoms with Crippen molar-refractivity contribution in [3.63, 3.8) is 0 Å². The minimum absolute atomic E-state index is 0.585. The molecule has 1 aromatic heterocycles. The van der Waals surface area contributed by atoms with Crippen LogP contribution in [0.5, 0.6) is 0 Å². The maximum atomic E-state index is 10.5. The molecule has 0 fully saturated rings. The lowest BCUT2D eigenvalue weighted by Crippen LogP contribution is -2.41. The van der Waals surface area contributed by atoms with E-state index in [4.69, 9.17) is 0 Å². The van der Waals surface area contributed by atoms with Gasteiger partial charge in [-0.3, -0.25) is 4.68 Å². The van der Waals surface area contributed by atoms with Crippen LogP contribution in [0.15, 0.2) is 4.47 Å². The van der Waals surface area contributed by atoms with E-state index >= 15 is 0 Å². The normalized spacial score (nSPS) is 14.9. The first-order chi connectivity index (χ1) is 8.76. The molecular formula is C14H26BrN3O. The second-order valence-corrected chi connectivity index (χ2v) is 6.68. The van der Waals surface area contributed by atoms with E-state index in [1.165, 1.54) is 0 Å². The fourth-order valence-electron chi connectivity index (χ4n) is 2.07. The van der Waals surface area contributed by atoms with Gasteiger partial charge in [-0.15, -0.1) is 0 Å². The molecule has 0 aliphatic rings. The number of aromatic nitrogens is 2. The average molecular weight is 332 g/mol. The zero-order valence-corrected chi connectivity index (χ0v) is 14.2. The Balaban J connectivity index is 2.69. The summed E-state index contributed by atoms with van der Waals surface area (Å²) < 4.78 is 2.89. The van der Waals surface area contributed by atoms with Gasteiger partial charge >= 0.3 is 0 Å². The molecule has 0 saturated heterocycles. The maximum absolute atomic E-state index is 10.5. The molecule has 1 aromatic rings. The third-order valence-electron chi connectivity index (χ3n) is 3.11. The number of nitrogens with zero attached hydrogens (tertiary/aromatic N) is 2. The summed E-state index contributed by atoms with van der Waals surface area (Å²) in [7, 11) is 1.93. The predicted octanol–water partition coefficient (Wildman–Crippen LogP) is 2.28. The fourth-order valence-corrected chi connectivity index (χ4v) is 2.82. The fraction of sp³-hybridized carbons (Fsp3) is 0.786. The summed E-state index contributed by atoms with van der Waals surface area (Å²) in [5, 5.41) is 18.3. The molecule has 1 unspecified atom stereocenters. The van der Waals surface area contributed by atoms with Crippen molar-refractivity contribution in [2.45, 2.75) is 46.1 Å². The van der Waals surface area contributed by atoms with E-state index in [1.807, 2.05) is 18.7 Å². The zero-order chi connectivity index (χ0) is 14.6. The molecular weight excluding hydrogens is 306 g/mol. The van der Waals surface area contributed by atoms with Crippen LogP contribution in [0.3, 0.4) is 0 Å². The molecule has 0 radical (unpaired) electrons. The zero-order valence-electron chi connectivity index (χ0n) is 12.6. The lowest BCUT2D eigenvalue weighted by molar-refractivity contribution is 0.0575. The molecule has 1 rings (SSSR count). The van der Waals surface area contributed by atoms with Crippen LogP contribution >= 0.6 is 15.9 Å². The Morgan fingerprint density at radius 3 is 2.58 bits per heavy atom. The molecule has 0 aliphatic carbocycles. The molecule has 0 aromatic carbocycles. The van der Waals surface area contributed by atoms with E-state index in [9.17, 15) is 5.11 Å². The molecule has 0 saturated carbocycles. The second kappa shape index (κ2) is 6.86. The van der Waals surface area contributed by atoms with Crippen molar-refractivity contribution in [3.05, 3.63) is 15.9 Å². The summed E-state index contributed by atoms with van der Waals surface area (Å²) in [6.07, 6.45) is 1.48. The quantitative estimate of drug-likeness (QED) is 0.805. The minimum Gasteiger partial charge on any atom is -0.388 e. The Labute approximate surface area is 124 Å². The maximum Gasteiger partial charge on any atom is 0.0799 e. The van der Waals surface area contributed by atoms with Crippen molar-refractivity contribution in [1.82, 2.24) is 15.1 Å². The Morgan fingerprint density at radius 2 is 2.11 bits per heavy atom. The van der Waals surface area contributed by atoms with Crippen molar-refractivity contribution in [3.8, 4) is 0 Å². The van der Waals surface area contributed by atoms with Crippen LogP contribution in [0.4, 0.5) is 0 Å². The van der Waals surface area contributed by atoms with E-state index in [0.29, 0.717) is 18.9 Å². The molecule has 1 atom stereocenters. The van der Waals surface area contributed by atoms with E-state index in [2.05, 4.69) is 47.1 Å². The van der Waals surface area contributed by atoms with Gasteiger partial charge in [0.1, 0.15) is 0 Å². The third-order valence-corrected chi connectivity index (χ3v) is 4.03. The summed E-state index contributed by atoms with van der Waals surface area (Å²) in [6.45, 7) is 9.78. The smallest absolute Gasteiger partial charge is 0.0799 e. The Hall–Kier alpha value is -0.390. The second-order valence-electron chi connectivity index (χ2n) is 5.88. The van der Waals surface area contributed by atoms with Crippen LogP contribution in [-0.2, 0) is 19.9 Å². The van der Waals surface area contributed by atoms with Crippen LogP contribution in [0, 0.1) is 5.92 Å². The first-order valence-electron chi connectivity index (χ1n) is 6.90. The van der Waals surface area contributed by atoms with Crippen molar-refractivity contribution in [1.29, 1.82) is 0 Å². The van der Waals surface area contributed by atoms with E-state index < -0.39 is 5.60 Å². The van der Waals surface area contributed by atoms with Gasteiger partial charge in [-0.2, -0.15) is 5.10 Å². The standard InChI is InChI=1S/C14H26BrN3O/c1-6-11-13(15)12(18(5)17-11)7-14(4,19)9-16-8-10(2)3/h10,16,19H,6-9H2,1-5H3. The van der Waals surface area contributed by atoms with Crippen molar-refractivity contribution in [2.75, 3.05) is 13.1 Å². The summed E-state index contributed by atoms with van der Waals surface area (Å²) >= 11 is 3.59. The Bertz CT molecular complexity index is 413. The monoisotopic (exact) mass is 331 g/mol. The molecule has 5 heteroatoms. The van der Waals surface area contributed by atoms with Gasteiger partial charge in [-0.25, -0.2) is 0 Å². The molecule has 0 bridgehead atoms. The summed E-state index contributed by atoms with van der Waals surface area (Å²) in [5.74, 6) is 0.589. The summed E-state index contributed by atoms with van der Waals surface area (Å²) in [4.78, 5) is 0. The van der Waals surface area contributed by atoms with Crippen LogP contribution < -0.4 is 5.32 Å². The highest BCUT2D eigenvalue weighted by Gasteiger charge is 2.25. The van der Waals surface area contributed by atoms with E-state index in [0.717, 1.165) is 28.8 Å². The molecule has 19 heavy (non-hydrogen) atoms. The lowest BCUT2D eigenvalue weighted by Gasteiger charge is -2.24. The number of nitrogens with one attached hydrogen (secondary N) is 1. The SMILES string of the molecule is CCc1nn(C)c(CC(C)(O)CNCC(C)C)c1Br. The van der Waals surface area contributed by atoms with E-state index in [1.54, 1.807) is 0 Å². The number of rotatable bonds is 7. The Kier molecular flexibility index (Phi) is 6.02. The van der Waals surface area contributed by atoms with Gasteiger partial charge in [0.15, 0.2) is 0 Å². The number of hydrogen-bond donors (Lipinski definition) is 2. The van der Waals surface area contributed by atoms with Gasteiger partial charge in [0.2, 0.25) is 0 Å². The van der Waals surface area contributed by atoms with Crippen molar-refractivity contribution < 1.29 is 5.11 Å². The van der Waals surface area contributed by atoms with Gasteiger partial charge in [0.25, 0.3) is 0 Å². The van der Waals surface area contributed by atoms with Crippen LogP contribution in [0.1, 0.15) is 39.1 Å². The molecule has 0 aliphatic heterocycles. The number of halogens is 1. The highest BCUT2D eigenvalue weighted by atomic mass is 79.9. The van der Waals surface area contributed by atoms with Crippen LogP contribution in [0.2, 0.25) is 0 Å². The highest BCUT2D eigenvalue weighted by molar-refractivity contribution is 9.10. The third kappa shape index (κ3) is 4.89. The molecule has 1 heterocycles. The average Bonchev–Trinajstić information content (AvgIpc) is 2.55. The number of aryl methyl sites for hydroxylation is 2. The summed E-state index contributed by atoms with van der Waals surface area (Å²) in [6, 6.07) is 0. The first kappa shape index (κ1) is 16.7. The number of aliphatic hydroxyl groups is 1. The molecule has 110 valence electrons. The number of hydrogen-bond acceptors (Lipinski definition) is 3. The van der Waals surface area contributed by atoms with Crippen LogP contribution in [0.25, 0.3) is 0 Å². The van der Waals surface area contributed by atoms with E-state index in [-0.39, 0.29) is 0 Å². The topological polar surface area (TPSA) is 50.1 Å². The van der Waals surface area contributed by atoms with Gasteiger partial charge < -0.3 is 10.4 Å². The van der Waals surface area contributed by atoms with Gasteiger partial charge in [0.05, 0.1) is 21.5 Å². The van der Waals surface area contributed by atoms with Crippen LogP contribution in [-0.4, -0.2) is 33.6 Å². The van der Waals surface area contributed by atoms with Crippen molar-refractivity contribution >= 4 is 15.9 Å². The summed E-state index contributed by atoms with van der Waals surface area (Å²) in [5.41, 5.74) is 1.33. The van der Waals surface area contributed by atoms with Gasteiger partial charge in [-0.05, 0) is 41.7 Å². The Morgan fingerprint density at radius 1 is 1.47 bits per heavy atom.